The molecular formula is C9H9FN4O2. The van der Waals surface area contributed by atoms with E-state index in [0.29, 0.717) is 0 Å². The maximum absolute atomic E-state index is 13.0. The number of carbonyl (C=O) groups is 1. The molecule has 6 nitrogen and oxygen atoms in total. The standard InChI is InChI=1S/C9H9FN4O2/c10-7-2-1-3-12-8(7)4-13-9(16)14-5-11-6-15/h1-3H,4-5H2,(H2,13,14,16). The SMILES string of the molecule is O=C=NCNC(=O)NCc1ncccc1F. The van der Waals surface area contributed by atoms with Crippen LogP contribution in [-0.2, 0) is 11.3 Å². The molecule has 0 aliphatic carbocycles. The van der Waals surface area contributed by atoms with Crippen LogP contribution in [0.2, 0.25) is 0 Å². The maximum atomic E-state index is 13.0. The quantitative estimate of drug-likeness (QED) is 0.570. The lowest BCUT2D eigenvalue weighted by Crippen LogP contribution is -2.35. The molecule has 0 radical (unpaired) electrons. The van der Waals surface area contributed by atoms with Crippen molar-refractivity contribution in [3.05, 3.63) is 29.8 Å². The highest BCUT2D eigenvalue weighted by atomic mass is 19.1. The van der Waals surface area contributed by atoms with E-state index >= 15 is 0 Å². The van der Waals surface area contributed by atoms with Crippen LogP contribution in [0.3, 0.4) is 0 Å². The summed E-state index contributed by atoms with van der Waals surface area (Å²) >= 11 is 0. The van der Waals surface area contributed by atoms with Gasteiger partial charge in [-0.2, -0.15) is 4.99 Å². The number of isocyanates is 1. The molecule has 0 atom stereocenters. The zero-order valence-electron chi connectivity index (χ0n) is 8.24. The minimum Gasteiger partial charge on any atom is -0.332 e. The van der Waals surface area contributed by atoms with Gasteiger partial charge in [-0.3, -0.25) is 4.98 Å². The number of nitrogens with zero attached hydrogens (tertiary/aromatic N) is 2. The first kappa shape index (κ1) is 11.8. The van der Waals surface area contributed by atoms with Gasteiger partial charge >= 0.3 is 6.03 Å². The Morgan fingerprint density at radius 1 is 1.56 bits per heavy atom. The van der Waals surface area contributed by atoms with Crippen LogP contribution in [0.1, 0.15) is 5.69 Å². The van der Waals surface area contributed by atoms with Crippen LogP contribution in [-0.4, -0.2) is 23.8 Å². The van der Waals surface area contributed by atoms with E-state index in [2.05, 4.69) is 20.6 Å². The highest BCUT2D eigenvalue weighted by molar-refractivity contribution is 5.73. The third-order valence-corrected chi connectivity index (χ3v) is 1.63. The number of amides is 2. The van der Waals surface area contributed by atoms with Gasteiger partial charge in [0.05, 0.1) is 12.2 Å². The average Bonchev–Trinajstić information content (AvgIpc) is 2.28. The van der Waals surface area contributed by atoms with E-state index in [1.807, 2.05) is 0 Å². The minimum absolute atomic E-state index is 0.0384. The van der Waals surface area contributed by atoms with Crippen molar-refractivity contribution in [1.82, 2.24) is 15.6 Å². The minimum atomic E-state index is -0.566. The summed E-state index contributed by atoms with van der Waals surface area (Å²) < 4.78 is 13.0. The molecule has 0 saturated carbocycles. The molecule has 0 spiro atoms. The monoisotopic (exact) mass is 224 g/mol. The zero-order valence-corrected chi connectivity index (χ0v) is 8.24. The molecule has 1 rings (SSSR count). The summed E-state index contributed by atoms with van der Waals surface area (Å²) in [6, 6.07) is 2.14. The summed E-state index contributed by atoms with van der Waals surface area (Å²) in [5.74, 6) is -0.492. The highest BCUT2D eigenvalue weighted by Crippen LogP contribution is 2.01. The van der Waals surface area contributed by atoms with E-state index in [-0.39, 0.29) is 18.9 Å². The predicted octanol–water partition coefficient (Wildman–Crippen LogP) is 0.313. The van der Waals surface area contributed by atoms with Gasteiger partial charge in [0, 0.05) is 6.20 Å². The molecule has 0 aliphatic heterocycles. The molecule has 1 aromatic rings. The Labute approximate surface area is 90.6 Å². The van der Waals surface area contributed by atoms with E-state index in [0.717, 1.165) is 0 Å². The third-order valence-electron chi connectivity index (χ3n) is 1.63. The molecule has 7 heteroatoms. The molecule has 0 aliphatic rings. The first-order valence-corrected chi connectivity index (χ1v) is 4.38. The van der Waals surface area contributed by atoms with Crippen LogP contribution in [0.15, 0.2) is 23.3 Å². The Bertz CT molecular complexity index is 418. The van der Waals surface area contributed by atoms with Crippen molar-refractivity contribution in [2.75, 3.05) is 6.67 Å². The van der Waals surface area contributed by atoms with Crippen LogP contribution in [0.25, 0.3) is 0 Å². The summed E-state index contributed by atoms with van der Waals surface area (Å²) in [5, 5.41) is 4.60. The number of hydrogen-bond acceptors (Lipinski definition) is 4. The Morgan fingerprint density at radius 3 is 3.06 bits per heavy atom. The molecule has 0 bridgehead atoms. The number of halogens is 1. The molecule has 2 amide bonds. The second-order valence-corrected chi connectivity index (χ2v) is 2.70. The molecule has 0 aromatic carbocycles. The van der Waals surface area contributed by atoms with Crippen molar-refractivity contribution in [3.8, 4) is 0 Å². The fraction of sp³-hybridized carbons (Fsp3) is 0.222. The maximum Gasteiger partial charge on any atom is 0.316 e. The Morgan fingerprint density at radius 2 is 2.38 bits per heavy atom. The first-order valence-electron chi connectivity index (χ1n) is 4.38. The number of aromatic nitrogens is 1. The second-order valence-electron chi connectivity index (χ2n) is 2.70. The van der Waals surface area contributed by atoms with Crippen molar-refractivity contribution in [2.24, 2.45) is 4.99 Å². The number of hydrogen-bond donors (Lipinski definition) is 2. The van der Waals surface area contributed by atoms with Gasteiger partial charge in [0.2, 0.25) is 6.08 Å². The fourth-order valence-electron chi connectivity index (χ4n) is 0.919. The van der Waals surface area contributed by atoms with E-state index in [1.165, 1.54) is 24.4 Å². The summed E-state index contributed by atoms with van der Waals surface area (Å²) in [6.07, 6.45) is 2.69. The van der Waals surface area contributed by atoms with E-state index in [9.17, 15) is 14.0 Å². The first-order chi connectivity index (χ1) is 7.74. The van der Waals surface area contributed by atoms with Crippen LogP contribution in [0.5, 0.6) is 0 Å². The molecule has 1 heterocycles. The number of rotatable bonds is 4. The van der Waals surface area contributed by atoms with E-state index < -0.39 is 11.8 Å². The van der Waals surface area contributed by atoms with Crippen LogP contribution >= 0.6 is 0 Å². The van der Waals surface area contributed by atoms with Gasteiger partial charge < -0.3 is 10.6 Å². The number of pyridine rings is 1. The predicted molar refractivity (Wildman–Crippen MR) is 52.6 cm³/mol. The highest BCUT2D eigenvalue weighted by Gasteiger charge is 2.04. The average molecular weight is 224 g/mol. The Kier molecular flexibility index (Phi) is 4.62. The van der Waals surface area contributed by atoms with E-state index in [1.54, 1.807) is 0 Å². The molecular weight excluding hydrogens is 215 g/mol. The number of nitrogens with one attached hydrogen (secondary N) is 2. The molecule has 0 saturated heterocycles. The van der Waals surface area contributed by atoms with Crippen LogP contribution in [0, 0.1) is 5.82 Å². The van der Waals surface area contributed by atoms with Gasteiger partial charge in [-0.1, -0.05) is 0 Å². The smallest absolute Gasteiger partial charge is 0.316 e. The largest absolute Gasteiger partial charge is 0.332 e. The molecule has 2 N–H and O–H groups in total. The molecule has 0 unspecified atom stereocenters. The number of urea groups is 1. The number of aliphatic imine (C=N–C) groups is 1. The van der Waals surface area contributed by atoms with Crippen LogP contribution in [0.4, 0.5) is 9.18 Å². The van der Waals surface area contributed by atoms with Crippen molar-refractivity contribution < 1.29 is 14.0 Å². The van der Waals surface area contributed by atoms with Gasteiger partial charge in [-0.25, -0.2) is 14.0 Å². The van der Waals surface area contributed by atoms with Gasteiger partial charge in [0.15, 0.2) is 0 Å². The molecule has 1 aromatic heterocycles. The van der Waals surface area contributed by atoms with Gasteiger partial charge in [0.25, 0.3) is 0 Å². The zero-order chi connectivity index (χ0) is 11.8. The normalized spacial score (nSPS) is 9.06. The lowest BCUT2D eigenvalue weighted by Gasteiger charge is -2.05. The second kappa shape index (κ2) is 6.26. The third kappa shape index (κ3) is 3.85. The van der Waals surface area contributed by atoms with Crippen molar-refractivity contribution in [2.45, 2.75) is 6.54 Å². The summed E-state index contributed by atoms with van der Waals surface area (Å²) in [6.45, 7) is -0.205. The van der Waals surface area contributed by atoms with Gasteiger partial charge in [0.1, 0.15) is 12.5 Å². The Balaban J connectivity index is 2.37. The van der Waals surface area contributed by atoms with Gasteiger partial charge in [-0.15, -0.1) is 0 Å². The van der Waals surface area contributed by atoms with Crippen molar-refractivity contribution in [1.29, 1.82) is 0 Å². The van der Waals surface area contributed by atoms with Crippen molar-refractivity contribution in [3.63, 3.8) is 0 Å². The van der Waals surface area contributed by atoms with E-state index in [4.69, 9.17) is 0 Å². The molecule has 84 valence electrons. The lowest BCUT2D eigenvalue weighted by atomic mass is 10.3. The number of carbonyl (C=O) groups excluding carboxylic acids is 2. The lowest BCUT2D eigenvalue weighted by molar-refractivity contribution is 0.240. The molecule has 16 heavy (non-hydrogen) atoms. The summed E-state index contributed by atoms with van der Waals surface area (Å²) in [4.78, 5) is 27.6. The topological polar surface area (TPSA) is 83.5 Å². The van der Waals surface area contributed by atoms with Crippen LogP contribution < -0.4 is 10.6 Å². The van der Waals surface area contributed by atoms with Gasteiger partial charge in [-0.05, 0) is 12.1 Å². The fourth-order valence-corrected chi connectivity index (χ4v) is 0.919. The summed E-state index contributed by atoms with van der Waals surface area (Å²) in [7, 11) is 0. The van der Waals surface area contributed by atoms with Crippen molar-refractivity contribution >= 4 is 12.1 Å². The molecule has 0 fully saturated rings. The summed E-state index contributed by atoms with van der Waals surface area (Å²) in [5.41, 5.74) is 0.136. The Hall–Kier alpha value is -2.27.